The van der Waals surface area contributed by atoms with Gasteiger partial charge in [0.05, 0.1) is 9.83 Å². The summed E-state index contributed by atoms with van der Waals surface area (Å²) in [6, 6.07) is 3.66. The zero-order valence-corrected chi connectivity index (χ0v) is 14.0. The first-order valence-electron chi connectivity index (χ1n) is 6.57. The number of rotatable bonds is 5. The molecule has 1 aromatic carbocycles. The molecular formula is C15H15BrF3NS. The van der Waals surface area contributed by atoms with Gasteiger partial charge >= 0.3 is 0 Å². The van der Waals surface area contributed by atoms with Crippen molar-refractivity contribution in [3.8, 4) is 0 Å². The van der Waals surface area contributed by atoms with Crippen LogP contribution in [0, 0.1) is 24.4 Å². The van der Waals surface area contributed by atoms with E-state index < -0.39 is 17.5 Å². The molecule has 0 aliphatic rings. The van der Waals surface area contributed by atoms with Crippen LogP contribution < -0.4 is 5.32 Å². The molecule has 0 bridgehead atoms. The van der Waals surface area contributed by atoms with Crippen LogP contribution in [-0.4, -0.2) is 6.54 Å². The van der Waals surface area contributed by atoms with Crippen LogP contribution in [0.15, 0.2) is 22.0 Å². The second-order valence-electron chi connectivity index (χ2n) is 4.75. The number of halogens is 4. The molecule has 1 N–H and O–H groups in total. The number of aryl methyl sites for hydroxylation is 1. The predicted molar refractivity (Wildman–Crippen MR) is 83.2 cm³/mol. The Bertz CT molecular complexity index is 619. The lowest BCUT2D eigenvalue weighted by atomic mass is 9.99. The van der Waals surface area contributed by atoms with E-state index in [1.807, 2.05) is 19.9 Å². The van der Waals surface area contributed by atoms with E-state index in [2.05, 4.69) is 21.2 Å². The summed E-state index contributed by atoms with van der Waals surface area (Å²) in [6.45, 7) is 4.64. The van der Waals surface area contributed by atoms with E-state index in [0.29, 0.717) is 12.1 Å². The van der Waals surface area contributed by atoms with E-state index >= 15 is 0 Å². The third kappa shape index (κ3) is 3.67. The highest BCUT2D eigenvalue weighted by Gasteiger charge is 2.21. The van der Waals surface area contributed by atoms with Gasteiger partial charge < -0.3 is 5.32 Å². The molecule has 1 atom stereocenters. The second kappa shape index (κ2) is 6.94. The second-order valence-corrected chi connectivity index (χ2v) is 7.38. The highest BCUT2D eigenvalue weighted by Crippen LogP contribution is 2.34. The van der Waals surface area contributed by atoms with Gasteiger partial charge in [-0.25, -0.2) is 13.2 Å². The smallest absolute Gasteiger partial charge is 0.194 e. The van der Waals surface area contributed by atoms with E-state index in [0.717, 1.165) is 32.8 Å². The molecule has 0 spiro atoms. The van der Waals surface area contributed by atoms with Crippen LogP contribution >= 0.6 is 27.3 Å². The fourth-order valence-electron chi connectivity index (χ4n) is 2.18. The van der Waals surface area contributed by atoms with Crippen LogP contribution in [0.2, 0.25) is 0 Å². The SMILES string of the molecule is CCCNC(c1cc(F)c(F)c(F)c1)c1cc(Br)sc1C. The molecule has 0 saturated carbocycles. The Morgan fingerprint density at radius 1 is 1.19 bits per heavy atom. The minimum atomic E-state index is -1.43. The Kier molecular flexibility index (Phi) is 5.46. The van der Waals surface area contributed by atoms with Gasteiger partial charge in [0.15, 0.2) is 17.5 Å². The summed E-state index contributed by atoms with van der Waals surface area (Å²) >= 11 is 4.97. The summed E-state index contributed by atoms with van der Waals surface area (Å²) in [5.41, 5.74) is 1.32. The molecule has 1 nitrogen and oxygen atoms in total. The Labute approximate surface area is 134 Å². The molecule has 114 valence electrons. The number of nitrogens with one attached hydrogen (secondary N) is 1. The Balaban J connectivity index is 2.47. The first kappa shape index (κ1) is 16.5. The van der Waals surface area contributed by atoms with Crippen molar-refractivity contribution in [2.75, 3.05) is 6.54 Å². The normalized spacial score (nSPS) is 12.7. The van der Waals surface area contributed by atoms with E-state index in [4.69, 9.17) is 0 Å². The molecule has 0 amide bonds. The summed E-state index contributed by atoms with van der Waals surface area (Å²) in [4.78, 5) is 1.04. The summed E-state index contributed by atoms with van der Waals surface area (Å²) in [7, 11) is 0. The summed E-state index contributed by atoms with van der Waals surface area (Å²) < 4.78 is 41.1. The lowest BCUT2D eigenvalue weighted by molar-refractivity contribution is 0.442. The van der Waals surface area contributed by atoms with Crippen molar-refractivity contribution in [1.82, 2.24) is 5.32 Å². The van der Waals surface area contributed by atoms with Gasteiger partial charge in [-0.05, 0) is 65.1 Å². The van der Waals surface area contributed by atoms with Gasteiger partial charge in [0, 0.05) is 4.88 Å². The van der Waals surface area contributed by atoms with Crippen molar-refractivity contribution in [3.05, 3.63) is 55.4 Å². The lowest BCUT2D eigenvalue weighted by Crippen LogP contribution is -2.23. The van der Waals surface area contributed by atoms with Gasteiger partial charge in [-0.3, -0.25) is 0 Å². The lowest BCUT2D eigenvalue weighted by Gasteiger charge is -2.19. The third-order valence-electron chi connectivity index (χ3n) is 3.18. The first-order valence-corrected chi connectivity index (χ1v) is 8.18. The van der Waals surface area contributed by atoms with Crippen molar-refractivity contribution in [2.45, 2.75) is 26.3 Å². The maximum absolute atomic E-state index is 13.5. The summed E-state index contributed by atoms with van der Waals surface area (Å²) in [5.74, 6) is -3.77. The van der Waals surface area contributed by atoms with Crippen LogP contribution in [0.1, 0.15) is 35.4 Å². The molecule has 0 fully saturated rings. The molecular weight excluding hydrogens is 363 g/mol. The van der Waals surface area contributed by atoms with Gasteiger partial charge in [-0.1, -0.05) is 6.92 Å². The molecule has 0 saturated heterocycles. The number of benzene rings is 1. The molecule has 0 aliphatic heterocycles. The van der Waals surface area contributed by atoms with Crippen LogP contribution in [0.3, 0.4) is 0 Å². The summed E-state index contributed by atoms with van der Waals surface area (Å²) in [5, 5.41) is 3.26. The highest BCUT2D eigenvalue weighted by atomic mass is 79.9. The van der Waals surface area contributed by atoms with Crippen molar-refractivity contribution < 1.29 is 13.2 Å². The Hall–Kier alpha value is -0.850. The maximum atomic E-state index is 13.5. The number of thiophene rings is 1. The van der Waals surface area contributed by atoms with E-state index in [-0.39, 0.29) is 6.04 Å². The van der Waals surface area contributed by atoms with Gasteiger partial charge in [0.25, 0.3) is 0 Å². The summed E-state index contributed by atoms with van der Waals surface area (Å²) in [6.07, 6.45) is 0.882. The predicted octanol–water partition coefficient (Wildman–Crippen LogP) is 5.33. The number of hydrogen-bond acceptors (Lipinski definition) is 2. The molecule has 0 radical (unpaired) electrons. The van der Waals surface area contributed by atoms with Gasteiger partial charge in [-0.2, -0.15) is 0 Å². The van der Waals surface area contributed by atoms with Crippen LogP contribution in [0.5, 0.6) is 0 Å². The maximum Gasteiger partial charge on any atom is 0.194 e. The monoisotopic (exact) mass is 377 g/mol. The van der Waals surface area contributed by atoms with Crippen molar-refractivity contribution in [1.29, 1.82) is 0 Å². The zero-order valence-electron chi connectivity index (χ0n) is 11.6. The fraction of sp³-hybridized carbons (Fsp3) is 0.333. The first-order chi connectivity index (χ1) is 9.93. The van der Waals surface area contributed by atoms with Crippen LogP contribution in [0.4, 0.5) is 13.2 Å². The van der Waals surface area contributed by atoms with Crippen molar-refractivity contribution >= 4 is 27.3 Å². The Morgan fingerprint density at radius 2 is 1.81 bits per heavy atom. The van der Waals surface area contributed by atoms with E-state index in [9.17, 15) is 13.2 Å². The molecule has 1 heterocycles. The van der Waals surface area contributed by atoms with Crippen LogP contribution in [-0.2, 0) is 0 Å². The van der Waals surface area contributed by atoms with E-state index in [1.54, 1.807) is 11.3 Å². The molecule has 2 aromatic rings. The highest BCUT2D eigenvalue weighted by molar-refractivity contribution is 9.11. The van der Waals surface area contributed by atoms with Crippen molar-refractivity contribution in [3.63, 3.8) is 0 Å². The standard InChI is InChI=1S/C15H15BrF3NS/c1-3-4-20-15(10-7-13(16)21-8(10)2)9-5-11(17)14(19)12(18)6-9/h5-7,15,20H,3-4H2,1-2H3. The molecule has 1 unspecified atom stereocenters. The fourth-order valence-corrected chi connectivity index (χ4v) is 3.93. The largest absolute Gasteiger partial charge is 0.306 e. The topological polar surface area (TPSA) is 12.0 Å². The van der Waals surface area contributed by atoms with Crippen LogP contribution in [0.25, 0.3) is 0 Å². The Morgan fingerprint density at radius 3 is 2.29 bits per heavy atom. The molecule has 1 aromatic heterocycles. The van der Waals surface area contributed by atoms with E-state index in [1.165, 1.54) is 0 Å². The van der Waals surface area contributed by atoms with Gasteiger partial charge in [0.2, 0.25) is 0 Å². The molecule has 21 heavy (non-hydrogen) atoms. The van der Waals surface area contributed by atoms with Gasteiger partial charge in [0.1, 0.15) is 0 Å². The zero-order chi connectivity index (χ0) is 15.6. The quantitative estimate of drug-likeness (QED) is 0.694. The third-order valence-corrected chi connectivity index (χ3v) is 4.74. The number of hydrogen-bond donors (Lipinski definition) is 1. The molecule has 6 heteroatoms. The van der Waals surface area contributed by atoms with Gasteiger partial charge in [-0.15, -0.1) is 11.3 Å². The minimum Gasteiger partial charge on any atom is -0.306 e. The molecule has 2 rings (SSSR count). The average molecular weight is 378 g/mol. The van der Waals surface area contributed by atoms with Crippen molar-refractivity contribution in [2.24, 2.45) is 0 Å². The minimum absolute atomic E-state index is 0.364. The molecule has 0 aliphatic carbocycles. The average Bonchev–Trinajstić information content (AvgIpc) is 2.75.